The van der Waals surface area contributed by atoms with Gasteiger partial charge in [0.15, 0.2) is 5.78 Å². The Morgan fingerprint density at radius 3 is 2.39 bits per heavy atom. The SMILES string of the molecule is O=CNC(C(=O)c1ccncc1)c1ccccc1. The van der Waals surface area contributed by atoms with Crippen LogP contribution in [0.15, 0.2) is 54.9 Å². The number of rotatable bonds is 5. The van der Waals surface area contributed by atoms with Gasteiger partial charge < -0.3 is 5.32 Å². The van der Waals surface area contributed by atoms with Crippen LogP contribution >= 0.6 is 0 Å². The highest BCUT2D eigenvalue weighted by Crippen LogP contribution is 2.17. The van der Waals surface area contributed by atoms with E-state index in [1.54, 1.807) is 36.7 Å². The number of hydrogen-bond donors (Lipinski definition) is 1. The first-order chi connectivity index (χ1) is 8.83. The van der Waals surface area contributed by atoms with Crippen LogP contribution in [0, 0.1) is 0 Å². The van der Waals surface area contributed by atoms with Crippen molar-refractivity contribution in [3.05, 3.63) is 66.0 Å². The summed E-state index contributed by atoms with van der Waals surface area (Å²) in [6.07, 6.45) is 3.64. The van der Waals surface area contributed by atoms with Crippen molar-refractivity contribution in [3.63, 3.8) is 0 Å². The number of nitrogens with one attached hydrogen (secondary N) is 1. The molecule has 4 heteroatoms. The maximum Gasteiger partial charge on any atom is 0.207 e. The molecule has 2 aromatic rings. The smallest absolute Gasteiger partial charge is 0.207 e. The molecule has 0 aliphatic carbocycles. The van der Waals surface area contributed by atoms with Crippen molar-refractivity contribution < 1.29 is 9.59 Å². The summed E-state index contributed by atoms with van der Waals surface area (Å²) >= 11 is 0. The minimum Gasteiger partial charge on any atom is -0.344 e. The van der Waals surface area contributed by atoms with E-state index in [9.17, 15) is 9.59 Å². The fourth-order valence-electron chi connectivity index (χ4n) is 1.72. The zero-order valence-corrected chi connectivity index (χ0v) is 9.61. The van der Waals surface area contributed by atoms with E-state index in [0.717, 1.165) is 5.56 Å². The Kier molecular flexibility index (Phi) is 3.81. The molecule has 0 fully saturated rings. The second kappa shape index (κ2) is 5.72. The highest BCUT2D eigenvalue weighted by molar-refractivity contribution is 6.01. The molecular weight excluding hydrogens is 228 g/mol. The summed E-state index contributed by atoms with van der Waals surface area (Å²) in [6, 6.07) is 11.7. The molecule has 1 atom stereocenters. The Morgan fingerprint density at radius 1 is 1.11 bits per heavy atom. The summed E-state index contributed by atoms with van der Waals surface area (Å²) in [5, 5.41) is 2.55. The molecule has 1 unspecified atom stereocenters. The number of amides is 1. The highest BCUT2D eigenvalue weighted by atomic mass is 16.1. The minimum atomic E-state index is -0.661. The maximum absolute atomic E-state index is 12.3. The molecule has 1 amide bonds. The van der Waals surface area contributed by atoms with E-state index in [-0.39, 0.29) is 5.78 Å². The lowest BCUT2D eigenvalue weighted by molar-refractivity contribution is -0.110. The van der Waals surface area contributed by atoms with Gasteiger partial charge in [-0.05, 0) is 17.7 Å². The van der Waals surface area contributed by atoms with Crippen LogP contribution < -0.4 is 5.32 Å². The molecular formula is C14H12N2O2. The lowest BCUT2D eigenvalue weighted by Crippen LogP contribution is -2.27. The third-order valence-electron chi connectivity index (χ3n) is 2.59. The predicted octanol–water partition coefficient (Wildman–Crippen LogP) is 1.75. The van der Waals surface area contributed by atoms with E-state index >= 15 is 0 Å². The van der Waals surface area contributed by atoms with Gasteiger partial charge in [0.05, 0.1) is 0 Å². The van der Waals surface area contributed by atoms with E-state index in [4.69, 9.17) is 0 Å². The molecule has 90 valence electrons. The van der Waals surface area contributed by atoms with E-state index < -0.39 is 6.04 Å². The maximum atomic E-state index is 12.3. The van der Waals surface area contributed by atoms with Gasteiger partial charge in [0, 0.05) is 18.0 Å². The van der Waals surface area contributed by atoms with Crippen LogP contribution in [0.1, 0.15) is 22.0 Å². The summed E-state index contributed by atoms with van der Waals surface area (Å²) in [6.45, 7) is 0. The molecule has 18 heavy (non-hydrogen) atoms. The van der Waals surface area contributed by atoms with Gasteiger partial charge in [-0.15, -0.1) is 0 Å². The second-order valence-electron chi connectivity index (χ2n) is 3.73. The van der Waals surface area contributed by atoms with Crippen molar-refractivity contribution in [1.29, 1.82) is 0 Å². The monoisotopic (exact) mass is 240 g/mol. The Labute approximate surface area is 105 Å². The van der Waals surface area contributed by atoms with Gasteiger partial charge in [0.25, 0.3) is 0 Å². The third-order valence-corrected chi connectivity index (χ3v) is 2.59. The van der Waals surface area contributed by atoms with Crippen LogP contribution in [-0.2, 0) is 4.79 Å². The largest absolute Gasteiger partial charge is 0.344 e. The van der Waals surface area contributed by atoms with Gasteiger partial charge in [-0.2, -0.15) is 0 Å². The molecule has 1 aromatic heterocycles. The molecule has 4 nitrogen and oxygen atoms in total. The van der Waals surface area contributed by atoms with Crippen LogP contribution in [0.2, 0.25) is 0 Å². The van der Waals surface area contributed by atoms with E-state index in [2.05, 4.69) is 10.3 Å². The quantitative estimate of drug-likeness (QED) is 0.639. The Morgan fingerprint density at radius 2 is 1.78 bits per heavy atom. The average Bonchev–Trinajstić information content (AvgIpc) is 2.46. The summed E-state index contributed by atoms with van der Waals surface area (Å²) in [4.78, 5) is 26.8. The average molecular weight is 240 g/mol. The normalized spacial score (nSPS) is 11.6. The van der Waals surface area contributed by atoms with Crippen LogP contribution in [0.4, 0.5) is 0 Å². The van der Waals surface area contributed by atoms with Gasteiger partial charge in [0.1, 0.15) is 6.04 Å². The van der Waals surface area contributed by atoms with Gasteiger partial charge in [-0.25, -0.2) is 0 Å². The Hall–Kier alpha value is -2.49. The lowest BCUT2D eigenvalue weighted by atomic mass is 9.98. The number of benzene rings is 1. The number of carbonyl (C=O) groups is 2. The first-order valence-electron chi connectivity index (χ1n) is 5.52. The lowest BCUT2D eigenvalue weighted by Gasteiger charge is -2.15. The van der Waals surface area contributed by atoms with Crippen molar-refractivity contribution in [1.82, 2.24) is 10.3 Å². The van der Waals surface area contributed by atoms with Gasteiger partial charge >= 0.3 is 0 Å². The van der Waals surface area contributed by atoms with E-state index in [1.807, 2.05) is 18.2 Å². The number of aromatic nitrogens is 1. The molecule has 1 heterocycles. The number of pyridine rings is 1. The number of carbonyl (C=O) groups excluding carboxylic acids is 2. The summed E-state index contributed by atoms with van der Waals surface area (Å²) in [7, 11) is 0. The topological polar surface area (TPSA) is 59.1 Å². The second-order valence-corrected chi connectivity index (χ2v) is 3.73. The summed E-state index contributed by atoms with van der Waals surface area (Å²) in [5.74, 6) is -0.157. The number of Topliss-reactive ketones (excluding diaryl/α,β-unsaturated/α-hetero) is 1. The predicted molar refractivity (Wildman–Crippen MR) is 67.0 cm³/mol. The van der Waals surface area contributed by atoms with Crippen molar-refractivity contribution in [2.75, 3.05) is 0 Å². The molecule has 2 rings (SSSR count). The minimum absolute atomic E-state index is 0.157. The molecule has 0 spiro atoms. The third kappa shape index (κ3) is 2.60. The first kappa shape index (κ1) is 12.0. The summed E-state index contributed by atoms with van der Waals surface area (Å²) < 4.78 is 0. The zero-order chi connectivity index (χ0) is 12.8. The number of hydrogen-bond acceptors (Lipinski definition) is 3. The van der Waals surface area contributed by atoms with E-state index in [0.29, 0.717) is 12.0 Å². The van der Waals surface area contributed by atoms with Crippen LogP contribution in [0.25, 0.3) is 0 Å². The molecule has 1 aromatic carbocycles. The fraction of sp³-hybridized carbons (Fsp3) is 0.0714. The molecule has 0 aliphatic heterocycles. The molecule has 0 bridgehead atoms. The fourth-order valence-corrected chi connectivity index (χ4v) is 1.72. The molecule has 0 aliphatic rings. The molecule has 1 N–H and O–H groups in total. The first-order valence-corrected chi connectivity index (χ1v) is 5.52. The standard InChI is InChI=1S/C14H12N2O2/c17-10-16-13(11-4-2-1-3-5-11)14(18)12-6-8-15-9-7-12/h1-10,13H,(H,16,17). The van der Waals surface area contributed by atoms with Crippen LogP contribution in [0.3, 0.4) is 0 Å². The zero-order valence-electron chi connectivity index (χ0n) is 9.61. The molecule has 0 saturated heterocycles. The molecule has 0 radical (unpaired) electrons. The highest BCUT2D eigenvalue weighted by Gasteiger charge is 2.20. The van der Waals surface area contributed by atoms with Gasteiger partial charge in [-0.1, -0.05) is 30.3 Å². The number of nitrogens with zero attached hydrogens (tertiary/aromatic N) is 1. The van der Waals surface area contributed by atoms with E-state index in [1.165, 1.54) is 0 Å². The van der Waals surface area contributed by atoms with Crippen LogP contribution in [-0.4, -0.2) is 17.2 Å². The summed E-state index contributed by atoms with van der Waals surface area (Å²) in [5.41, 5.74) is 1.28. The van der Waals surface area contributed by atoms with Crippen molar-refractivity contribution in [2.24, 2.45) is 0 Å². The number of ketones is 1. The van der Waals surface area contributed by atoms with Crippen molar-refractivity contribution >= 4 is 12.2 Å². The van der Waals surface area contributed by atoms with Crippen molar-refractivity contribution in [2.45, 2.75) is 6.04 Å². The van der Waals surface area contributed by atoms with Gasteiger partial charge in [0.2, 0.25) is 6.41 Å². The van der Waals surface area contributed by atoms with Crippen LogP contribution in [0.5, 0.6) is 0 Å². The van der Waals surface area contributed by atoms with Crippen molar-refractivity contribution in [3.8, 4) is 0 Å². The van der Waals surface area contributed by atoms with Gasteiger partial charge in [-0.3, -0.25) is 14.6 Å². The Balaban J connectivity index is 2.32. The molecule has 0 saturated carbocycles. The Bertz CT molecular complexity index is 526.